The molecule has 1 heteroatoms. The van der Waals surface area contributed by atoms with Crippen LogP contribution in [0.15, 0.2) is 170 Å². The lowest BCUT2D eigenvalue weighted by atomic mass is 9.67. The molecular formula is C76H84O. The van der Waals surface area contributed by atoms with E-state index in [0.29, 0.717) is 0 Å². The highest BCUT2D eigenvalue weighted by atomic mass is 16.5. The standard InChI is InChI=1S/C76H84O/c1-7-10-13-16-18-24-48-74(5)67-31-22-20-28-62(67)64-45-36-55(51-70(64)74)56-37-47-66-72(52-56)76(58-39-34-54(4)35-40-58,59-41-43-60(44-42-59)77-50-26-15-12-9-3)69-33-27-30-61(73(66)69)57-38-46-65-63-29-21-23-32-68(63)75(6,71(65)53-57)49-25-19-17-14-11-8-2/h20-23,27-47,51-53H,7-19,24-26,48-50H2,1-6H3. The molecule has 8 aromatic carbocycles. The molecule has 1 nitrogen and oxygen atoms in total. The molecule has 3 aliphatic carbocycles. The van der Waals surface area contributed by atoms with Gasteiger partial charge in [0.15, 0.2) is 0 Å². The zero-order chi connectivity index (χ0) is 53.0. The molecule has 77 heavy (non-hydrogen) atoms. The molecule has 0 heterocycles. The first-order valence-electron chi connectivity index (χ1n) is 30.3. The summed E-state index contributed by atoms with van der Waals surface area (Å²) in [5.74, 6) is 0.941. The Morgan fingerprint density at radius 3 is 1.34 bits per heavy atom. The van der Waals surface area contributed by atoms with Crippen molar-refractivity contribution < 1.29 is 4.74 Å². The minimum absolute atomic E-state index is 0.0397. The third kappa shape index (κ3) is 9.63. The van der Waals surface area contributed by atoms with E-state index in [1.807, 2.05) is 0 Å². The van der Waals surface area contributed by atoms with Crippen molar-refractivity contribution in [2.75, 3.05) is 6.61 Å². The summed E-state index contributed by atoms with van der Waals surface area (Å²) in [5, 5.41) is 0. The molecule has 0 bridgehead atoms. The van der Waals surface area contributed by atoms with Crippen LogP contribution < -0.4 is 4.74 Å². The first-order chi connectivity index (χ1) is 37.7. The van der Waals surface area contributed by atoms with E-state index in [4.69, 9.17) is 4.74 Å². The van der Waals surface area contributed by atoms with Gasteiger partial charge in [0.1, 0.15) is 5.75 Å². The average Bonchev–Trinajstić information content (AvgIpc) is 4.08. The fraction of sp³-hybridized carbons (Fsp3) is 0.368. The topological polar surface area (TPSA) is 9.23 Å². The van der Waals surface area contributed by atoms with Gasteiger partial charge in [0, 0.05) is 10.8 Å². The van der Waals surface area contributed by atoms with Crippen LogP contribution in [0.5, 0.6) is 5.75 Å². The van der Waals surface area contributed by atoms with Crippen LogP contribution >= 0.6 is 0 Å². The lowest BCUT2D eigenvalue weighted by Crippen LogP contribution is -2.28. The quantitative estimate of drug-likeness (QED) is 0.0548. The van der Waals surface area contributed by atoms with Gasteiger partial charge in [-0.3, -0.25) is 0 Å². The molecule has 0 fully saturated rings. The number of unbranched alkanes of at least 4 members (excludes halogenated alkanes) is 13. The fourth-order valence-electron chi connectivity index (χ4n) is 14.5. The minimum atomic E-state index is -0.595. The number of hydrogen-bond acceptors (Lipinski definition) is 1. The van der Waals surface area contributed by atoms with Crippen molar-refractivity contribution in [3.05, 3.63) is 220 Å². The summed E-state index contributed by atoms with van der Waals surface area (Å²) in [5.41, 5.74) is 25.2. The molecule has 0 aliphatic heterocycles. The molecule has 0 saturated carbocycles. The highest BCUT2D eigenvalue weighted by molar-refractivity contribution is 5.98. The monoisotopic (exact) mass is 1010 g/mol. The summed E-state index contributed by atoms with van der Waals surface area (Å²) in [6.45, 7) is 14.9. The predicted molar refractivity (Wildman–Crippen MR) is 329 cm³/mol. The lowest BCUT2D eigenvalue weighted by Gasteiger charge is -2.34. The summed E-state index contributed by atoms with van der Waals surface area (Å²) in [7, 11) is 0. The Bertz CT molecular complexity index is 3330. The predicted octanol–water partition coefficient (Wildman–Crippen LogP) is 21.7. The largest absolute Gasteiger partial charge is 0.494 e. The summed E-state index contributed by atoms with van der Waals surface area (Å²) >= 11 is 0. The smallest absolute Gasteiger partial charge is 0.119 e. The summed E-state index contributed by atoms with van der Waals surface area (Å²) < 4.78 is 6.46. The zero-order valence-corrected chi connectivity index (χ0v) is 47.5. The first-order valence-corrected chi connectivity index (χ1v) is 30.3. The van der Waals surface area contributed by atoms with Gasteiger partial charge in [-0.25, -0.2) is 0 Å². The number of rotatable bonds is 24. The minimum Gasteiger partial charge on any atom is -0.494 e. The van der Waals surface area contributed by atoms with Crippen molar-refractivity contribution in [2.24, 2.45) is 0 Å². The number of hydrogen-bond donors (Lipinski definition) is 0. The van der Waals surface area contributed by atoms with Crippen molar-refractivity contribution in [1.29, 1.82) is 0 Å². The van der Waals surface area contributed by atoms with E-state index in [-0.39, 0.29) is 10.8 Å². The van der Waals surface area contributed by atoms with Gasteiger partial charge in [-0.2, -0.15) is 0 Å². The Morgan fingerprint density at radius 1 is 0.338 bits per heavy atom. The van der Waals surface area contributed by atoms with E-state index in [1.54, 1.807) is 0 Å². The van der Waals surface area contributed by atoms with Crippen molar-refractivity contribution in [2.45, 2.75) is 173 Å². The average molecular weight is 1010 g/mol. The van der Waals surface area contributed by atoms with Crippen LogP contribution in [0, 0.1) is 6.92 Å². The van der Waals surface area contributed by atoms with Gasteiger partial charge in [0.2, 0.25) is 0 Å². The molecule has 0 saturated heterocycles. The van der Waals surface area contributed by atoms with Crippen LogP contribution in [0.4, 0.5) is 0 Å². The number of fused-ring (bicyclic) bond motifs is 9. The normalized spacial score (nSPS) is 18.4. The van der Waals surface area contributed by atoms with Crippen LogP contribution in [0.1, 0.15) is 200 Å². The van der Waals surface area contributed by atoms with E-state index < -0.39 is 5.41 Å². The Morgan fingerprint density at radius 2 is 0.766 bits per heavy atom. The maximum absolute atomic E-state index is 6.46. The van der Waals surface area contributed by atoms with Crippen LogP contribution in [-0.4, -0.2) is 6.61 Å². The zero-order valence-electron chi connectivity index (χ0n) is 47.5. The van der Waals surface area contributed by atoms with Gasteiger partial charge in [0.25, 0.3) is 0 Å². The third-order valence-electron chi connectivity index (χ3n) is 18.8. The molecule has 3 unspecified atom stereocenters. The van der Waals surface area contributed by atoms with Gasteiger partial charge in [-0.1, -0.05) is 276 Å². The second-order valence-electron chi connectivity index (χ2n) is 23.8. The summed E-state index contributed by atoms with van der Waals surface area (Å²) in [6, 6.07) is 66.8. The molecule has 0 N–H and O–H groups in total. The first kappa shape index (κ1) is 52.6. The number of aryl methyl sites for hydroxylation is 1. The molecule has 0 aromatic heterocycles. The van der Waals surface area contributed by atoms with Crippen LogP contribution in [0.25, 0.3) is 55.6 Å². The maximum Gasteiger partial charge on any atom is 0.119 e. The van der Waals surface area contributed by atoms with Crippen LogP contribution in [0.2, 0.25) is 0 Å². The Balaban J connectivity index is 1.07. The van der Waals surface area contributed by atoms with Gasteiger partial charge >= 0.3 is 0 Å². The van der Waals surface area contributed by atoms with Gasteiger partial charge in [-0.05, 0) is 157 Å². The van der Waals surface area contributed by atoms with E-state index in [2.05, 4.69) is 211 Å². The molecule has 0 amide bonds. The summed E-state index contributed by atoms with van der Waals surface area (Å²) in [4.78, 5) is 0. The highest BCUT2D eigenvalue weighted by Gasteiger charge is 2.48. The number of ether oxygens (including phenoxy) is 1. The molecular weight excluding hydrogens is 929 g/mol. The Kier molecular flexibility index (Phi) is 15.6. The number of benzene rings is 8. The molecule has 0 spiro atoms. The Hall–Kier alpha value is -6.44. The van der Waals surface area contributed by atoms with Crippen molar-refractivity contribution in [3.63, 3.8) is 0 Å². The van der Waals surface area contributed by atoms with E-state index in [0.717, 1.165) is 31.6 Å². The van der Waals surface area contributed by atoms with Gasteiger partial charge in [-0.15, -0.1) is 0 Å². The second-order valence-corrected chi connectivity index (χ2v) is 23.8. The fourth-order valence-corrected chi connectivity index (χ4v) is 14.5. The molecule has 8 aromatic rings. The van der Waals surface area contributed by atoms with Crippen LogP contribution in [-0.2, 0) is 16.2 Å². The molecule has 3 aliphatic rings. The van der Waals surface area contributed by atoms with E-state index in [1.165, 1.54) is 202 Å². The molecule has 0 radical (unpaired) electrons. The molecule has 11 rings (SSSR count). The van der Waals surface area contributed by atoms with E-state index >= 15 is 0 Å². The summed E-state index contributed by atoms with van der Waals surface area (Å²) in [6.07, 6.45) is 22.7. The van der Waals surface area contributed by atoms with Crippen molar-refractivity contribution in [3.8, 4) is 61.4 Å². The van der Waals surface area contributed by atoms with Gasteiger partial charge in [0.05, 0.1) is 12.0 Å². The van der Waals surface area contributed by atoms with Crippen molar-refractivity contribution in [1.82, 2.24) is 0 Å². The lowest BCUT2D eigenvalue weighted by molar-refractivity contribution is 0.305. The molecule has 3 atom stereocenters. The van der Waals surface area contributed by atoms with Gasteiger partial charge < -0.3 is 4.74 Å². The Labute approximate surface area is 463 Å². The maximum atomic E-state index is 6.46. The highest BCUT2D eigenvalue weighted by Crippen LogP contribution is 2.61. The van der Waals surface area contributed by atoms with E-state index in [9.17, 15) is 0 Å². The van der Waals surface area contributed by atoms with Crippen molar-refractivity contribution >= 4 is 0 Å². The van der Waals surface area contributed by atoms with Crippen LogP contribution in [0.3, 0.4) is 0 Å². The third-order valence-corrected chi connectivity index (χ3v) is 18.8. The second kappa shape index (κ2) is 22.9. The molecule has 394 valence electrons. The SMILES string of the molecule is CCCCCCCCC1(C)c2ccccc2-c2ccc(-c3ccc4c(c3)C(c3ccc(C)cc3)(c3ccc(OCCCCCC)cc3)c3cccc(-c5ccc6c(c5)C(C)(CCCCCCCC)c5ccccc5-6)c3-4)cc21.